The summed E-state index contributed by atoms with van der Waals surface area (Å²) in [5, 5.41) is 2.08. The SMILES string of the molecule is CCC(C)C(=O)N(C)Cc1sccc1C. The molecule has 0 N–H and O–H groups in total. The monoisotopic (exact) mass is 225 g/mol. The summed E-state index contributed by atoms with van der Waals surface area (Å²) in [6.07, 6.45) is 0.909. The summed E-state index contributed by atoms with van der Waals surface area (Å²) in [7, 11) is 1.88. The first-order chi connectivity index (χ1) is 7.06. The van der Waals surface area contributed by atoms with Gasteiger partial charge in [-0.25, -0.2) is 0 Å². The maximum Gasteiger partial charge on any atom is 0.225 e. The summed E-state index contributed by atoms with van der Waals surface area (Å²) in [6, 6.07) is 2.10. The minimum atomic E-state index is 0.135. The van der Waals surface area contributed by atoms with Gasteiger partial charge in [0.1, 0.15) is 0 Å². The second-order valence-electron chi connectivity index (χ2n) is 4.03. The zero-order valence-electron chi connectivity index (χ0n) is 9.91. The van der Waals surface area contributed by atoms with Crippen LogP contribution in [0.2, 0.25) is 0 Å². The molecule has 1 amide bonds. The van der Waals surface area contributed by atoms with Crippen molar-refractivity contribution in [2.45, 2.75) is 33.7 Å². The van der Waals surface area contributed by atoms with Gasteiger partial charge >= 0.3 is 0 Å². The van der Waals surface area contributed by atoms with Gasteiger partial charge in [0.25, 0.3) is 0 Å². The summed E-state index contributed by atoms with van der Waals surface area (Å²) >= 11 is 1.72. The van der Waals surface area contributed by atoms with E-state index in [4.69, 9.17) is 0 Å². The van der Waals surface area contributed by atoms with Crippen molar-refractivity contribution in [3.8, 4) is 0 Å². The van der Waals surface area contributed by atoms with Gasteiger partial charge in [-0.2, -0.15) is 0 Å². The van der Waals surface area contributed by atoms with E-state index >= 15 is 0 Å². The van der Waals surface area contributed by atoms with Crippen molar-refractivity contribution < 1.29 is 4.79 Å². The molecule has 0 aliphatic carbocycles. The molecule has 0 aliphatic rings. The van der Waals surface area contributed by atoms with Crippen LogP contribution in [0.5, 0.6) is 0 Å². The maximum absolute atomic E-state index is 11.8. The fourth-order valence-electron chi connectivity index (χ4n) is 1.41. The van der Waals surface area contributed by atoms with Gasteiger partial charge in [-0.15, -0.1) is 11.3 Å². The molecule has 0 bridgehead atoms. The van der Waals surface area contributed by atoms with Gasteiger partial charge in [0.15, 0.2) is 0 Å². The number of carbonyl (C=O) groups excluding carboxylic acids is 1. The molecular weight excluding hydrogens is 206 g/mol. The van der Waals surface area contributed by atoms with Crippen LogP contribution < -0.4 is 0 Å². The molecule has 1 rings (SSSR count). The van der Waals surface area contributed by atoms with Gasteiger partial charge in [0.05, 0.1) is 6.54 Å². The number of nitrogens with zero attached hydrogens (tertiary/aromatic N) is 1. The number of hydrogen-bond acceptors (Lipinski definition) is 2. The van der Waals surface area contributed by atoms with E-state index in [2.05, 4.69) is 18.4 Å². The average Bonchev–Trinajstić information content (AvgIpc) is 2.62. The molecular formula is C12H19NOS. The van der Waals surface area contributed by atoms with Crippen LogP contribution in [0, 0.1) is 12.8 Å². The summed E-state index contributed by atoms with van der Waals surface area (Å²) in [5.74, 6) is 0.376. The van der Waals surface area contributed by atoms with Gasteiger partial charge in [0.2, 0.25) is 5.91 Å². The highest BCUT2D eigenvalue weighted by molar-refractivity contribution is 7.10. The number of thiophene rings is 1. The highest BCUT2D eigenvalue weighted by atomic mass is 32.1. The third kappa shape index (κ3) is 3.06. The van der Waals surface area contributed by atoms with Gasteiger partial charge in [0, 0.05) is 17.8 Å². The normalized spacial score (nSPS) is 12.5. The molecule has 0 spiro atoms. The Balaban J connectivity index is 2.60. The number of aryl methyl sites for hydroxylation is 1. The first-order valence-corrected chi connectivity index (χ1v) is 6.22. The summed E-state index contributed by atoms with van der Waals surface area (Å²) < 4.78 is 0. The number of carbonyl (C=O) groups is 1. The largest absolute Gasteiger partial charge is 0.340 e. The van der Waals surface area contributed by atoms with Crippen LogP contribution in [0.3, 0.4) is 0 Å². The van der Waals surface area contributed by atoms with Crippen LogP contribution in [-0.4, -0.2) is 17.9 Å². The highest BCUT2D eigenvalue weighted by Crippen LogP contribution is 2.18. The molecule has 1 atom stereocenters. The van der Waals surface area contributed by atoms with E-state index in [9.17, 15) is 4.79 Å². The van der Waals surface area contributed by atoms with Crippen molar-refractivity contribution in [3.05, 3.63) is 21.9 Å². The van der Waals surface area contributed by atoms with Gasteiger partial charge < -0.3 is 4.90 Å². The van der Waals surface area contributed by atoms with Gasteiger partial charge in [-0.05, 0) is 30.4 Å². The Kier molecular flexibility index (Phi) is 4.33. The maximum atomic E-state index is 11.8. The average molecular weight is 225 g/mol. The van der Waals surface area contributed by atoms with Crippen molar-refractivity contribution >= 4 is 17.2 Å². The van der Waals surface area contributed by atoms with E-state index in [1.807, 2.05) is 25.8 Å². The molecule has 0 aromatic carbocycles. The second kappa shape index (κ2) is 5.31. The molecule has 84 valence electrons. The van der Waals surface area contributed by atoms with Crippen LogP contribution in [0.4, 0.5) is 0 Å². The van der Waals surface area contributed by atoms with Gasteiger partial charge in [-0.1, -0.05) is 13.8 Å². The Hall–Kier alpha value is -0.830. The molecule has 1 aromatic heterocycles. The van der Waals surface area contributed by atoms with Crippen molar-refractivity contribution in [2.24, 2.45) is 5.92 Å². The van der Waals surface area contributed by atoms with Crippen LogP contribution in [0.25, 0.3) is 0 Å². The van der Waals surface area contributed by atoms with E-state index in [0.717, 1.165) is 13.0 Å². The van der Waals surface area contributed by atoms with E-state index in [0.29, 0.717) is 0 Å². The Morgan fingerprint density at radius 1 is 1.60 bits per heavy atom. The lowest BCUT2D eigenvalue weighted by molar-refractivity contribution is -0.134. The number of rotatable bonds is 4. The summed E-state index contributed by atoms with van der Waals surface area (Å²) in [6.45, 7) is 6.87. The highest BCUT2D eigenvalue weighted by Gasteiger charge is 2.16. The lowest BCUT2D eigenvalue weighted by atomic mass is 10.1. The number of amides is 1. The first-order valence-electron chi connectivity index (χ1n) is 5.34. The second-order valence-corrected chi connectivity index (χ2v) is 5.03. The zero-order chi connectivity index (χ0) is 11.4. The molecule has 15 heavy (non-hydrogen) atoms. The topological polar surface area (TPSA) is 20.3 Å². The van der Waals surface area contributed by atoms with E-state index in [1.165, 1.54) is 10.4 Å². The molecule has 0 fully saturated rings. The van der Waals surface area contributed by atoms with Gasteiger partial charge in [-0.3, -0.25) is 4.79 Å². The zero-order valence-corrected chi connectivity index (χ0v) is 10.7. The molecule has 0 saturated carbocycles. The first kappa shape index (κ1) is 12.2. The smallest absolute Gasteiger partial charge is 0.225 e. The van der Waals surface area contributed by atoms with E-state index in [1.54, 1.807) is 11.3 Å². The third-order valence-electron chi connectivity index (χ3n) is 2.76. The molecule has 0 aliphatic heterocycles. The fraction of sp³-hybridized carbons (Fsp3) is 0.583. The Morgan fingerprint density at radius 3 is 2.73 bits per heavy atom. The third-order valence-corrected chi connectivity index (χ3v) is 3.77. The Labute approximate surface area is 95.9 Å². The molecule has 2 nitrogen and oxygen atoms in total. The summed E-state index contributed by atoms with van der Waals surface area (Å²) in [4.78, 5) is 15.0. The molecule has 0 radical (unpaired) electrons. The minimum absolute atomic E-state index is 0.135. The Morgan fingerprint density at radius 2 is 2.27 bits per heavy atom. The van der Waals surface area contributed by atoms with Crippen LogP contribution in [0.15, 0.2) is 11.4 Å². The minimum Gasteiger partial charge on any atom is -0.340 e. The summed E-state index contributed by atoms with van der Waals surface area (Å²) in [5.41, 5.74) is 1.28. The van der Waals surface area contributed by atoms with E-state index in [-0.39, 0.29) is 11.8 Å². The van der Waals surface area contributed by atoms with Crippen LogP contribution >= 0.6 is 11.3 Å². The van der Waals surface area contributed by atoms with Crippen molar-refractivity contribution in [1.82, 2.24) is 4.90 Å². The lowest BCUT2D eigenvalue weighted by Gasteiger charge is -2.20. The van der Waals surface area contributed by atoms with Crippen molar-refractivity contribution in [1.29, 1.82) is 0 Å². The molecule has 1 aromatic rings. The molecule has 0 saturated heterocycles. The predicted octanol–water partition coefficient (Wildman–Crippen LogP) is 3.06. The number of hydrogen-bond donors (Lipinski definition) is 0. The van der Waals surface area contributed by atoms with Crippen molar-refractivity contribution in [2.75, 3.05) is 7.05 Å². The van der Waals surface area contributed by atoms with Crippen molar-refractivity contribution in [3.63, 3.8) is 0 Å². The Bertz CT molecular complexity index is 332. The standard InChI is InChI=1S/C12H19NOS/c1-5-9(2)12(14)13(4)8-11-10(3)6-7-15-11/h6-7,9H,5,8H2,1-4H3. The fourth-order valence-corrected chi connectivity index (χ4v) is 2.37. The van der Waals surface area contributed by atoms with Crippen LogP contribution in [-0.2, 0) is 11.3 Å². The van der Waals surface area contributed by atoms with Crippen LogP contribution in [0.1, 0.15) is 30.7 Å². The molecule has 1 unspecified atom stereocenters. The molecule has 3 heteroatoms. The predicted molar refractivity (Wildman–Crippen MR) is 65.0 cm³/mol. The lowest BCUT2D eigenvalue weighted by Crippen LogP contribution is -2.30. The molecule has 1 heterocycles. The quantitative estimate of drug-likeness (QED) is 0.771. The van der Waals surface area contributed by atoms with E-state index < -0.39 is 0 Å².